The summed E-state index contributed by atoms with van der Waals surface area (Å²) in [4.78, 5) is 29.2. The predicted molar refractivity (Wildman–Crippen MR) is 136 cm³/mol. The van der Waals surface area contributed by atoms with E-state index in [0.29, 0.717) is 24.3 Å². The zero-order chi connectivity index (χ0) is 25.2. The molecule has 182 valence electrons. The predicted octanol–water partition coefficient (Wildman–Crippen LogP) is 5.22. The second-order valence-electron chi connectivity index (χ2n) is 10.6. The number of ether oxygens (including phenoxy) is 2. The highest BCUT2D eigenvalue weighted by atomic mass is 16.5. The molecule has 0 aromatic heterocycles. The molecule has 0 aliphatic carbocycles. The third kappa shape index (κ3) is 3.12. The molecule has 3 aromatic rings. The second kappa shape index (κ2) is 7.91. The summed E-state index contributed by atoms with van der Waals surface area (Å²) in [6, 6.07) is 19.1. The molecule has 36 heavy (non-hydrogen) atoms. The average molecular weight is 481 g/mol. The highest BCUT2D eigenvalue weighted by Gasteiger charge is 2.73. The Bertz CT molecular complexity index is 1470. The van der Waals surface area contributed by atoms with Crippen molar-refractivity contribution in [3.05, 3.63) is 71.3 Å². The van der Waals surface area contributed by atoms with Crippen LogP contribution >= 0.6 is 0 Å². The van der Waals surface area contributed by atoms with Crippen LogP contribution in [0.4, 0.5) is 5.69 Å². The van der Waals surface area contributed by atoms with Gasteiger partial charge < -0.3 is 9.47 Å². The lowest BCUT2D eigenvalue weighted by Crippen LogP contribution is -2.43. The first-order chi connectivity index (χ1) is 17.3. The fourth-order valence-electron chi connectivity index (χ4n) is 6.72. The van der Waals surface area contributed by atoms with E-state index in [1.54, 1.807) is 12.1 Å². The first-order valence-corrected chi connectivity index (χ1v) is 12.5. The lowest BCUT2D eigenvalue weighted by molar-refractivity contribution is -0.131. The summed E-state index contributed by atoms with van der Waals surface area (Å²) in [5, 5.41) is 11.0. The standard InChI is InChI=1S/C30H28N2O4/c1-18-8-11-24(19(2)16-18)35-15-14-30-13-12-29(3,36-30)25-26(30)28(34)32(27(25)33)23-10-9-20(17-31)21-6-4-5-7-22(21)23/h4-11,16,25-26H,12-15H2,1-3H3/t25-,26+,29-,30-/m1/s1. The lowest BCUT2D eigenvalue weighted by Gasteiger charge is -2.31. The highest BCUT2D eigenvalue weighted by molar-refractivity contribution is 6.26. The van der Waals surface area contributed by atoms with Crippen LogP contribution in [-0.2, 0) is 14.3 Å². The van der Waals surface area contributed by atoms with E-state index in [0.717, 1.165) is 34.9 Å². The van der Waals surface area contributed by atoms with E-state index in [-0.39, 0.29) is 11.8 Å². The molecule has 0 spiro atoms. The smallest absolute Gasteiger partial charge is 0.240 e. The van der Waals surface area contributed by atoms with E-state index in [1.807, 2.05) is 57.2 Å². The van der Waals surface area contributed by atoms with Crippen molar-refractivity contribution in [1.29, 1.82) is 5.26 Å². The van der Waals surface area contributed by atoms with Gasteiger partial charge in [0.15, 0.2) is 0 Å². The third-order valence-corrected chi connectivity index (χ3v) is 8.39. The zero-order valence-electron chi connectivity index (χ0n) is 20.7. The number of fused-ring (bicyclic) bond motifs is 6. The summed E-state index contributed by atoms with van der Waals surface area (Å²) in [6.45, 7) is 6.45. The van der Waals surface area contributed by atoms with Crippen LogP contribution in [0.2, 0.25) is 0 Å². The van der Waals surface area contributed by atoms with E-state index in [4.69, 9.17) is 9.47 Å². The fraction of sp³-hybridized carbons (Fsp3) is 0.367. The van der Waals surface area contributed by atoms with Crippen molar-refractivity contribution < 1.29 is 19.1 Å². The number of hydrogen-bond donors (Lipinski definition) is 0. The van der Waals surface area contributed by atoms with Crippen molar-refractivity contribution in [1.82, 2.24) is 0 Å². The molecule has 4 atom stereocenters. The number of amides is 2. The Hall–Kier alpha value is -3.69. The van der Waals surface area contributed by atoms with Gasteiger partial charge in [-0.15, -0.1) is 0 Å². The summed E-state index contributed by atoms with van der Waals surface area (Å²) in [6.07, 6.45) is 2.00. The molecular formula is C30H28N2O4. The van der Waals surface area contributed by atoms with Gasteiger partial charge in [-0.1, -0.05) is 42.0 Å². The first-order valence-electron chi connectivity index (χ1n) is 12.5. The molecule has 6 heteroatoms. The molecular weight excluding hydrogens is 452 g/mol. The van der Waals surface area contributed by atoms with Gasteiger partial charge in [0.25, 0.3) is 0 Å². The zero-order valence-corrected chi connectivity index (χ0v) is 20.7. The molecule has 3 heterocycles. The Labute approximate surface area is 210 Å². The molecule has 2 bridgehead atoms. The number of hydrogen-bond acceptors (Lipinski definition) is 5. The highest BCUT2D eigenvalue weighted by Crippen LogP contribution is 2.62. The molecule has 3 aromatic carbocycles. The maximum Gasteiger partial charge on any atom is 0.240 e. The maximum absolute atomic E-state index is 14.0. The van der Waals surface area contributed by atoms with Crippen molar-refractivity contribution in [2.75, 3.05) is 11.5 Å². The summed E-state index contributed by atoms with van der Waals surface area (Å²) in [5.41, 5.74) is 1.91. The SMILES string of the molecule is Cc1ccc(OCC[C@@]23CC[C@@](C)(O2)[C@H]2C(=O)N(c4ccc(C#N)c5ccccc45)C(=O)[C@H]23)c(C)c1. The van der Waals surface area contributed by atoms with Crippen molar-refractivity contribution in [2.45, 2.75) is 51.2 Å². The van der Waals surface area contributed by atoms with Gasteiger partial charge in [-0.2, -0.15) is 5.26 Å². The van der Waals surface area contributed by atoms with Crippen LogP contribution in [0.3, 0.4) is 0 Å². The van der Waals surface area contributed by atoms with Crippen molar-refractivity contribution in [2.24, 2.45) is 11.8 Å². The summed E-state index contributed by atoms with van der Waals surface area (Å²) in [5.74, 6) is -0.656. The van der Waals surface area contributed by atoms with Crippen molar-refractivity contribution in [3.63, 3.8) is 0 Å². The number of imide groups is 1. The Kier molecular flexibility index (Phi) is 5.00. The summed E-state index contributed by atoms with van der Waals surface area (Å²) >= 11 is 0. The number of carbonyl (C=O) groups excluding carboxylic acids is 2. The molecule has 3 saturated heterocycles. The van der Waals surface area contributed by atoms with Crippen LogP contribution in [0, 0.1) is 37.0 Å². The van der Waals surface area contributed by atoms with E-state index >= 15 is 0 Å². The van der Waals surface area contributed by atoms with E-state index in [1.165, 1.54) is 10.5 Å². The molecule has 0 saturated carbocycles. The Morgan fingerprint density at radius 3 is 2.53 bits per heavy atom. The van der Waals surface area contributed by atoms with Gasteiger partial charge in [-0.3, -0.25) is 9.59 Å². The second-order valence-corrected chi connectivity index (χ2v) is 10.6. The molecule has 2 amide bonds. The van der Waals surface area contributed by atoms with Gasteiger partial charge in [0.1, 0.15) is 5.75 Å². The van der Waals surface area contributed by atoms with Crippen LogP contribution in [0.15, 0.2) is 54.6 Å². The minimum Gasteiger partial charge on any atom is -0.493 e. The Balaban J connectivity index is 1.33. The summed E-state index contributed by atoms with van der Waals surface area (Å²) in [7, 11) is 0. The molecule has 0 radical (unpaired) electrons. The van der Waals surface area contributed by atoms with Gasteiger partial charge in [-0.25, -0.2) is 4.90 Å². The number of nitriles is 1. The molecule has 6 rings (SSSR count). The monoisotopic (exact) mass is 480 g/mol. The number of carbonyl (C=O) groups is 2. The van der Waals surface area contributed by atoms with Crippen LogP contribution in [0.5, 0.6) is 5.75 Å². The number of nitrogens with zero attached hydrogens (tertiary/aromatic N) is 2. The quantitative estimate of drug-likeness (QED) is 0.468. The van der Waals surface area contributed by atoms with Crippen molar-refractivity contribution >= 4 is 28.3 Å². The molecule has 3 fully saturated rings. The van der Waals surface area contributed by atoms with Gasteiger partial charge in [0.05, 0.1) is 47.0 Å². The number of rotatable bonds is 5. The molecule has 0 unspecified atom stereocenters. The van der Waals surface area contributed by atoms with Gasteiger partial charge in [0, 0.05) is 17.2 Å². The number of anilines is 1. The Morgan fingerprint density at radius 2 is 1.78 bits per heavy atom. The molecule has 3 aliphatic heterocycles. The third-order valence-electron chi connectivity index (χ3n) is 8.39. The normalized spacial score (nSPS) is 28.6. The van der Waals surface area contributed by atoms with E-state index in [9.17, 15) is 14.9 Å². The van der Waals surface area contributed by atoms with Crippen LogP contribution in [0.1, 0.15) is 42.9 Å². The van der Waals surface area contributed by atoms with Gasteiger partial charge in [0.2, 0.25) is 11.8 Å². The van der Waals surface area contributed by atoms with Crippen LogP contribution in [0.25, 0.3) is 10.8 Å². The van der Waals surface area contributed by atoms with E-state index in [2.05, 4.69) is 12.1 Å². The van der Waals surface area contributed by atoms with Gasteiger partial charge in [-0.05, 0) is 57.4 Å². The molecule has 3 aliphatic rings. The average Bonchev–Trinajstić information content (AvgIpc) is 3.44. The first kappa shape index (κ1) is 22.8. The molecule has 0 N–H and O–H groups in total. The number of aryl methyl sites for hydroxylation is 2. The van der Waals surface area contributed by atoms with Gasteiger partial charge >= 0.3 is 0 Å². The molecule has 6 nitrogen and oxygen atoms in total. The lowest BCUT2D eigenvalue weighted by atomic mass is 9.67. The fourth-order valence-corrected chi connectivity index (χ4v) is 6.72. The topological polar surface area (TPSA) is 79.6 Å². The van der Waals surface area contributed by atoms with Crippen LogP contribution < -0.4 is 9.64 Å². The van der Waals surface area contributed by atoms with E-state index < -0.39 is 23.0 Å². The van der Waals surface area contributed by atoms with Crippen LogP contribution in [-0.4, -0.2) is 29.6 Å². The number of benzene rings is 3. The maximum atomic E-state index is 14.0. The minimum absolute atomic E-state index is 0.209. The largest absolute Gasteiger partial charge is 0.493 e. The van der Waals surface area contributed by atoms with Crippen molar-refractivity contribution in [3.8, 4) is 11.8 Å². The minimum atomic E-state index is -0.720. The summed E-state index contributed by atoms with van der Waals surface area (Å²) < 4.78 is 12.7. The Morgan fingerprint density at radius 1 is 1.03 bits per heavy atom.